The van der Waals surface area contributed by atoms with E-state index in [4.69, 9.17) is 21.1 Å². The normalized spacial score (nSPS) is 11.2. The molecule has 0 aliphatic heterocycles. The van der Waals surface area contributed by atoms with Crippen LogP contribution in [0.15, 0.2) is 70.2 Å². The number of halogens is 5. The molecule has 0 atom stereocenters. The number of benzene rings is 3. The van der Waals surface area contributed by atoms with E-state index in [0.717, 1.165) is 31.2 Å². The van der Waals surface area contributed by atoms with Gasteiger partial charge in [0.15, 0.2) is 6.61 Å². The van der Waals surface area contributed by atoms with Crippen molar-refractivity contribution in [2.24, 2.45) is 5.10 Å². The average molecular weight is 670 g/mol. The molecule has 0 unspecified atom stereocenters. The summed E-state index contributed by atoms with van der Waals surface area (Å²) in [6.45, 7) is 1.98. The van der Waals surface area contributed by atoms with Gasteiger partial charge >= 0.3 is 18.0 Å². The fourth-order valence-electron chi connectivity index (χ4n) is 3.31. The predicted octanol–water partition coefficient (Wildman–Crippen LogP) is 6.41. The first-order valence-corrected chi connectivity index (χ1v) is 13.6. The molecule has 0 spiro atoms. The number of hydrogen-bond donors (Lipinski definition) is 3. The zero-order chi connectivity index (χ0) is 30.7. The van der Waals surface area contributed by atoms with E-state index in [0.29, 0.717) is 18.0 Å². The number of carbonyl (C=O) groups is 3. The van der Waals surface area contributed by atoms with E-state index in [-0.39, 0.29) is 20.8 Å². The van der Waals surface area contributed by atoms with Gasteiger partial charge in [-0.1, -0.05) is 40.9 Å². The van der Waals surface area contributed by atoms with Gasteiger partial charge in [0.05, 0.1) is 24.1 Å². The number of anilines is 2. The van der Waals surface area contributed by atoms with Crippen molar-refractivity contribution in [2.45, 2.75) is 25.9 Å². The molecule has 0 heterocycles. The van der Waals surface area contributed by atoms with Gasteiger partial charge in [-0.15, -0.1) is 0 Å². The molecular weight excluding hydrogens is 645 g/mol. The van der Waals surface area contributed by atoms with Crippen LogP contribution in [0.5, 0.6) is 11.5 Å². The number of alkyl halides is 3. The van der Waals surface area contributed by atoms with E-state index in [1.165, 1.54) is 24.3 Å². The van der Waals surface area contributed by atoms with Gasteiger partial charge in [0.1, 0.15) is 11.5 Å². The Morgan fingerprint density at radius 3 is 2.40 bits per heavy atom. The molecule has 0 radical (unpaired) electrons. The number of hydrazone groups is 1. The molecule has 0 saturated heterocycles. The SMILES string of the molecule is CCCCOc1ccc(NC(=O)C(=O)N/N=C\c2cc(Cl)ccc2OCC(=O)Nc2ccc(Br)cc2C(F)(F)F)cc1. The van der Waals surface area contributed by atoms with Crippen molar-refractivity contribution in [3.63, 3.8) is 0 Å². The molecular formula is C28H25BrClF3N4O5. The van der Waals surface area contributed by atoms with Crippen LogP contribution in [0.3, 0.4) is 0 Å². The fourth-order valence-corrected chi connectivity index (χ4v) is 3.85. The lowest BCUT2D eigenvalue weighted by atomic mass is 10.1. The third kappa shape index (κ3) is 10.1. The minimum atomic E-state index is -4.69. The maximum absolute atomic E-state index is 13.3. The van der Waals surface area contributed by atoms with Gasteiger partial charge in [-0.2, -0.15) is 18.3 Å². The quantitative estimate of drug-likeness (QED) is 0.0945. The summed E-state index contributed by atoms with van der Waals surface area (Å²) >= 11 is 9.00. The van der Waals surface area contributed by atoms with Crippen molar-refractivity contribution >= 4 is 62.8 Å². The Hall–Kier alpha value is -4.10. The van der Waals surface area contributed by atoms with Crippen LogP contribution in [0.2, 0.25) is 5.02 Å². The number of amides is 3. The Morgan fingerprint density at radius 2 is 1.71 bits per heavy atom. The fraction of sp³-hybridized carbons (Fsp3) is 0.214. The summed E-state index contributed by atoms with van der Waals surface area (Å²) in [5.74, 6) is -2.17. The van der Waals surface area contributed by atoms with Gasteiger partial charge in [0.25, 0.3) is 5.91 Å². The summed E-state index contributed by atoms with van der Waals surface area (Å²) < 4.78 is 51.2. The lowest BCUT2D eigenvalue weighted by Gasteiger charge is -2.15. The van der Waals surface area contributed by atoms with E-state index < -0.39 is 41.8 Å². The molecule has 3 aromatic carbocycles. The number of carbonyl (C=O) groups excluding carboxylic acids is 3. The molecule has 3 aromatic rings. The summed E-state index contributed by atoms with van der Waals surface area (Å²) in [5, 5.41) is 8.61. The van der Waals surface area contributed by atoms with E-state index in [1.54, 1.807) is 24.3 Å². The van der Waals surface area contributed by atoms with Crippen molar-refractivity contribution < 1.29 is 37.0 Å². The standard InChI is InChI=1S/C28H25BrClF3N4O5/c1-2-3-12-41-21-8-6-20(7-9-21)35-26(39)27(40)37-34-15-17-13-19(30)5-11-24(17)42-16-25(38)36-23-10-4-18(29)14-22(23)28(31,32)33/h4-11,13-15H,2-3,12,16H2,1H3,(H,35,39)(H,36,38)(H,37,40)/b34-15-. The zero-order valence-corrected chi connectivity index (χ0v) is 24.4. The second-order valence-corrected chi connectivity index (χ2v) is 9.94. The minimum Gasteiger partial charge on any atom is -0.494 e. The van der Waals surface area contributed by atoms with E-state index in [1.807, 2.05) is 6.92 Å². The molecule has 0 fully saturated rings. The highest BCUT2D eigenvalue weighted by Gasteiger charge is 2.34. The van der Waals surface area contributed by atoms with Crippen LogP contribution in [0.1, 0.15) is 30.9 Å². The number of unbranched alkanes of at least 4 members (excludes halogenated alkanes) is 1. The van der Waals surface area contributed by atoms with Gasteiger partial charge in [-0.05, 0) is 67.1 Å². The van der Waals surface area contributed by atoms with E-state index in [9.17, 15) is 27.6 Å². The Kier molecular flexibility index (Phi) is 11.7. The lowest BCUT2D eigenvalue weighted by molar-refractivity contribution is -0.137. The van der Waals surface area contributed by atoms with Gasteiger partial charge in [-0.25, -0.2) is 5.43 Å². The zero-order valence-electron chi connectivity index (χ0n) is 22.1. The van der Waals surface area contributed by atoms with Crippen LogP contribution in [0.4, 0.5) is 24.5 Å². The molecule has 0 aliphatic rings. The summed E-state index contributed by atoms with van der Waals surface area (Å²) in [7, 11) is 0. The molecule has 0 aliphatic carbocycles. The van der Waals surface area contributed by atoms with Crippen molar-refractivity contribution in [2.75, 3.05) is 23.8 Å². The van der Waals surface area contributed by atoms with Gasteiger partial charge in [0.2, 0.25) is 0 Å². The molecule has 0 saturated carbocycles. The Morgan fingerprint density at radius 1 is 0.976 bits per heavy atom. The maximum Gasteiger partial charge on any atom is 0.418 e. The third-order valence-electron chi connectivity index (χ3n) is 5.35. The maximum atomic E-state index is 13.3. The molecule has 14 heteroatoms. The highest BCUT2D eigenvalue weighted by Crippen LogP contribution is 2.36. The third-order valence-corrected chi connectivity index (χ3v) is 6.07. The van der Waals surface area contributed by atoms with Gasteiger partial charge in [-0.3, -0.25) is 14.4 Å². The van der Waals surface area contributed by atoms with Crippen molar-refractivity contribution in [1.82, 2.24) is 5.43 Å². The summed E-state index contributed by atoms with van der Waals surface area (Å²) in [4.78, 5) is 36.7. The van der Waals surface area contributed by atoms with Crippen molar-refractivity contribution in [1.29, 1.82) is 0 Å². The highest BCUT2D eigenvalue weighted by atomic mass is 79.9. The van der Waals surface area contributed by atoms with E-state index >= 15 is 0 Å². The Balaban J connectivity index is 1.57. The minimum absolute atomic E-state index is 0.0881. The molecule has 222 valence electrons. The predicted molar refractivity (Wildman–Crippen MR) is 156 cm³/mol. The lowest BCUT2D eigenvalue weighted by Crippen LogP contribution is -2.32. The average Bonchev–Trinajstić information content (AvgIpc) is 2.94. The van der Waals surface area contributed by atoms with Crippen molar-refractivity contribution in [3.8, 4) is 11.5 Å². The van der Waals surface area contributed by atoms with Gasteiger partial charge in [0, 0.05) is 20.7 Å². The Bertz CT molecular complexity index is 1450. The summed E-state index contributed by atoms with van der Waals surface area (Å²) in [6.07, 6.45) is -1.65. The second-order valence-electron chi connectivity index (χ2n) is 8.59. The number of rotatable bonds is 11. The van der Waals surface area contributed by atoms with E-state index in [2.05, 4.69) is 37.1 Å². The number of nitrogens with one attached hydrogen (secondary N) is 3. The largest absolute Gasteiger partial charge is 0.494 e. The van der Waals surface area contributed by atoms with Crippen LogP contribution in [-0.2, 0) is 20.6 Å². The molecule has 42 heavy (non-hydrogen) atoms. The summed E-state index contributed by atoms with van der Waals surface area (Å²) in [5.41, 5.74) is 1.19. The molecule has 9 nitrogen and oxygen atoms in total. The summed E-state index contributed by atoms with van der Waals surface area (Å²) in [6, 6.07) is 14.1. The van der Waals surface area contributed by atoms with Crippen LogP contribution in [0.25, 0.3) is 0 Å². The molecule has 3 rings (SSSR count). The van der Waals surface area contributed by atoms with Crippen LogP contribution in [0, 0.1) is 0 Å². The number of ether oxygens (including phenoxy) is 2. The Labute approximate surface area is 252 Å². The topological polar surface area (TPSA) is 118 Å². The first-order valence-electron chi connectivity index (χ1n) is 12.4. The second kappa shape index (κ2) is 15.2. The monoisotopic (exact) mass is 668 g/mol. The van der Waals surface area contributed by atoms with Crippen LogP contribution < -0.4 is 25.5 Å². The first-order chi connectivity index (χ1) is 20.0. The van der Waals surface area contributed by atoms with Crippen LogP contribution >= 0.6 is 27.5 Å². The smallest absolute Gasteiger partial charge is 0.418 e. The number of hydrogen-bond acceptors (Lipinski definition) is 6. The number of nitrogens with zero attached hydrogens (tertiary/aromatic N) is 1. The molecule has 0 bridgehead atoms. The van der Waals surface area contributed by atoms with Crippen LogP contribution in [-0.4, -0.2) is 37.1 Å². The molecule has 0 aromatic heterocycles. The first kappa shape index (κ1) is 32.4. The molecule has 3 N–H and O–H groups in total. The van der Waals surface area contributed by atoms with Gasteiger partial charge < -0.3 is 20.1 Å². The highest BCUT2D eigenvalue weighted by molar-refractivity contribution is 9.10. The van der Waals surface area contributed by atoms with Crippen molar-refractivity contribution in [3.05, 3.63) is 81.3 Å². The molecule has 3 amide bonds.